The summed E-state index contributed by atoms with van der Waals surface area (Å²) in [6.45, 7) is 1.59. The third-order valence-electron chi connectivity index (χ3n) is 4.08. The van der Waals surface area contributed by atoms with Crippen molar-refractivity contribution in [3.63, 3.8) is 0 Å². The van der Waals surface area contributed by atoms with Crippen molar-refractivity contribution in [2.24, 2.45) is 0 Å². The number of aromatic nitrogens is 1. The molecule has 0 fully saturated rings. The topological polar surface area (TPSA) is 25.0 Å². The quantitative estimate of drug-likeness (QED) is 0.652. The molecule has 2 nitrogen and oxygen atoms in total. The van der Waals surface area contributed by atoms with E-state index in [0.29, 0.717) is 0 Å². The molecule has 0 spiro atoms. The highest BCUT2D eigenvalue weighted by Gasteiger charge is 2.16. The summed E-state index contributed by atoms with van der Waals surface area (Å²) in [4.78, 5) is 3.57. The van der Waals surface area contributed by atoms with Gasteiger partial charge in [0.25, 0.3) is 0 Å². The molecule has 0 bridgehead atoms. The van der Waals surface area contributed by atoms with E-state index in [9.17, 15) is 0 Å². The van der Waals surface area contributed by atoms with Crippen molar-refractivity contribution < 1.29 is 4.74 Å². The number of para-hydroxylation sites is 1. The third-order valence-corrected chi connectivity index (χ3v) is 4.08. The average Bonchev–Trinajstić information content (AvgIpc) is 2.87. The third kappa shape index (κ3) is 1.84. The molecule has 0 saturated carbocycles. The maximum atomic E-state index is 5.74. The van der Waals surface area contributed by atoms with Gasteiger partial charge in [-0.25, -0.2) is 0 Å². The van der Waals surface area contributed by atoms with Crippen molar-refractivity contribution in [1.82, 2.24) is 4.98 Å². The first kappa shape index (κ1) is 11.7. The molecule has 0 saturated heterocycles. The summed E-state index contributed by atoms with van der Waals surface area (Å²) in [7, 11) is 0. The summed E-state index contributed by atoms with van der Waals surface area (Å²) in [5.74, 6) is 0. The van der Waals surface area contributed by atoms with Crippen LogP contribution < -0.4 is 0 Å². The molecule has 1 aliphatic rings. The van der Waals surface area contributed by atoms with E-state index in [1.165, 1.54) is 33.3 Å². The van der Waals surface area contributed by atoms with E-state index in [1.54, 1.807) is 0 Å². The lowest BCUT2D eigenvalue weighted by Gasteiger charge is -2.08. The zero-order valence-electron chi connectivity index (χ0n) is 11.4. The molecule has 0 amide bonds. The van der Waals surface area contributed by atoms with Crippen LogP contribution in [-0.2, 0) is 17.6 Å². The van der Waals surface area contributed by atoms with Crippen molar-refractivity contribution in [1.29, 1.82) is 0 Å². The smallest absolute Gasteiger partial charge is 0.0521 e. The molecule has 0 unspecified atom stereocenters. The molecule has 4 rings (SSSR count). The van der Waals surface area contributed by atoms with Gasteiger partial charge in [-0.3, -0.25) is 0 Å². The minimum absolute atomic E-state index is 0.786. The van der Waals surface area contributed by atoms with Gasteiger partial charge >= 0.3 is 0 Å². The second kappa shape index (κ2) is 4.80. The Labute approximate surface area is 118 Å². The van der Waals surface area contributed by atoms with Crippen molar-refractivity contribution in [2.75, 3.05) is 13.2 Å². The zero-order valence-corrected chi connectivity index (χ0v) is 11.4. The fraction of sp³-hybridized carbons (Fsp3) is 0.222. The van der Waals surface area contributed by atoms with Crippen molar-refractivity contribution in [3.8, 4) is 11.1 Å². The van der Waals surface area contributed by atoms with E-state index in [0.717, 1.165) is 26.1 Å². The highest BCUT2D eigenvalue weighted by molar-refractivity contribution is 5.98. The van der Waals surface area contributed by atoms with Gasteiger partial charge < -0.3 is 9.72 Å². The molecular formula is C18H17NO. The van der Waals surface area contributed by atoms with Crippen LogP contribution in [0.25, 0.3) is 22.0 Å². The Morgan fingerprint density at radius 2 is 1.65 bits per heavy atom. The van der Waals surface area contributed by atoms with Gasteiger partial charge in [-0.2, -0.15) is 0 Å². The largest absolute Gasteiger partial charge is 0.381 e. The number of hydrogen-bond acceptors (Lipinski definition) is 1. The van der Waals surface area contributed by atoms with Crippen LogP contribution in [-0.4, -0.2) is 18.2 Å². The molecule has 20 heavy (non-hydrogen) atoms. The lowest BCUT2D eigenvalue weighted by Crippen LogP contribution is -2.01. The number of ether oxygens (including phenoxy) is 1. The molecular weight excluding hydrogens is 246 g/mol. The number of benzene rings is 2. The number of rotatable bonds is 0. The first-order valence-corrected chi connectivity index (χ1v) is 7.19. The van der Waals surface area contributed by atoms with E-state index in [2.05, 4.69) is 53.5 Å². The number of fused-ring (bicyclic) bond motifs is 5. The number of aromatic amines is 1. The first-order valence-electron chi connectivity index (χ1n) is 7.19. The summed E-state index contributed by atoms with van der Waals surface area (Å²) in [6.07, 6.45) is 1.92. The van der Waals surface area contributed by atoms with Crippen LogP contribution in [0.1, 0.15) is 11.3 Å². The minimum Gasteiger partial charge on any atom is -0.381 e. The highest BCUT2D eigenvalue weighted by atomic mass is 16.5. The van der Waals surface area contributed by atoms with Gasteiger partial charge in [-0.15, -0.1) is 0 Å². The molecule has 0 radical (unpaired) electrons. The Kier molecular flexibility index (Phi) is 2.82. The normalized spacial score (nSPS) is 15.0. The Hall–Kier alpha value is -2.06. The Balaban J connectivity index is 2.05. The number of hydrogen-bond donors (Lipinski definition) is 1. The van der Waals surface area contributed by atoms with Crippen molar-refractivity contribution in [2.45, 2.75) is 12.8 Å². The van der Waals surface area contributed by atoms with Crippen molar-refractivity contribution >= 4 is 10.9 Å². The standard InChI is InChI=1S/C18H17NO/c1-2-6-14-13(5-1)9-11-20-12-10-17-18(14)15-7-3-4-8-16(15)19-17/h1-8,19H,9-12H2. The van der Waals surface area contributed by atoms with Gasteiger partial charge in [0.1, 0.15) is 0 Å². The van der Waals surface area contributed by atoms with Crippen LogP contribution in [0.4, 0.5) is 0 Å². The summed E-state index contributed by atoms with van der Waals surface area (Å²) in [5.41, 5.74) is 6.60. The predicted octanol–water partition coefficient (Wildman–Crippen LogP) is 3.95. The van der Waals surface area contributed by atoms with E-state index < -0.39 is 0 Å². The van der Waals surface area contributed by atoms with Crippen LogP contribution in [0, 0.1) is 0 Å². The number of nitrogens with one attached hydrogen (secondary N) is 1. The zero-order chi connectivity index (χ0) is 13.4. The van der Waals surface area contributed by atoms with Gasteiger partial charge in [-0.1, -0.05) is 42.5 Å². The van der Waals surface area contributed by atoms with E-state index in [1.807, 2.05) is 0 Å². The lowest BCUT2D eigenvalue weighted by atomic mass is 9.95. The SMILES string of the molecule is c1ccc2c(c1)CCOCCc1[nH]c3ccccc3c1-2. The Morgan fingerprint density at radius 3 is 2.65 bits per heavy atom. The van der Waals surface area contributed by atoms with Gasteiger partial charge in [-0.05, 0) is 23.6 Å². The van der Waals surface area contributed by atoms with Crippen LogP contribution in [0.2, 0.25) is 0 Å². The minimum atomic E-state index is 0.786. The maximum absolute atomic E-state index is 5.74. The molecule has 0 aliphatic carbocycles. The second-order valence-corrected chi connectivity index (χ2v) is 5.29. The molecule has 1 N–H and O–H groups in total. The second-order valence-electron chi connectivity index (χ2n) is 5.29. The predicted molar refractivity (Wildman–Crippen MR) is 82.0 cm³/mol. The van der Waals surface area contributed by atoms with Gasteiger partial charge in [0, 0.05) is 28.6 Å². The molecule has 3 aromatic rings. The van der Waals surface area contributed by atoms with E-state index >= 15 is 0 Å². The Bertz CT molecular complexity index is 757. The molecule has 2 aromatic carbocycles. The van der Waals surface area contributed by atoms with E-state index in [-0.39, 0.29) is 0 Å². The summed E-state index contributed by atoms with van der Waals surface area (Å²) in [6, 6.07) is 17.3. The highest BCUT2D eigenvalue weighted by Crippen LogP contribution is 2.35. The maximum Gasteiger partial charge on any atom is 0.0521 e. The lowest BCUT2D eigenvalue weighted by molar-refractivity contribution is 0.140. The Morgan fingerprint density at radius 1 is 0.850 bits per heavy atom. The first-order chi connectivity index (χ1) is 9.93. The van der Waals surface area contributed by atoms with Gasteiger partial charge in [0.15, 0.2) is 0 Å². The van der Waals surface area contributed by atoms with E-state index in [4.69, 9.17) is 4.74 Å². The summed E-state index contributed by atoms with van der Waals surface area (Å²) in [5, 5.41) is 1.32. The summed E-state index contributed by atoms with van der Waals surface area (Å²) >= 11 is 0. The molecule has 2 heteroatoms. The number of H-pyrrole nitrogens is 1. The van der Waals surface area contributed by atoms with Gasteiger partial charge in [0.05, 0.1) is 13.2 Å². The molecule has 0 atom stereocenters. The fourth-order valence-electron chi connectivity index (χ4n) is 3.13. The summed E-state index contributed by atoms with van der Waals surface area (Å²) < 4.78 is 5.74. The van der Waals surface area contributed by atoms with Crippen LogP contribution >= 0.6 is 0 Å². The van der Waals surface area contributed by atoms with Crippen LogP contribution in [0.3, 0.4) is 0 Å². The van der Waals surface area contributed by atoms with Crippen molar-refractivity contribution in [3.05, 3.63) is 59.8 Å². The monoisotopic (exact) mass is 263 g/mol. The molecule has 1 aromatic heterocycles. The average molecular weight is 263 g/mol. The van der Waals surface area contributed by atoms with Crippen LogP contribution in [0.5, 0.6) is 0 Å². The molecule has 2 heterocycles. The molecule has 1 aliphatic heterocycles. The fourth-order valence-corrected chi connectivity index (χ4v) is 3.13. The molecule has 100 valence electrons. The van der Waals surface area contributed by atoms with Gasteiger partial charge in [0.2, 0.25) is 0 Å². The van der Waals surface area contributed by atoms with Crippen LogP contribution in [0.15, 0.2) is 48.5 Å².